The van der Waals surface area contributed by atoms with Crippen LogP contribution in [-0.4, -0.2) is 26.9 Å². The van der Waals surface area contributed by atoms with Crippen LogP contribution in [0.1, 0.15) is 18.7 Å². The van der Waals surface area contributed by atoms with Crippen molar-refractivity contribution in [2.24, 2.45) is 5.92 Å². The first kappa shape index (κ1) is 14.6. The highest BCUT2D eigenvalue weighted by molar-refractivity contribution is 7.99. The molecule has 2 heterocycles. The fourth-order valence-electron chi connectivity index (χ4n) is 2.81. The minimum absolute atomic E-state index is 0.609. The molecule has 5 heteroatoms. The van der Waals surface area contributed by atoms with Crippen molar-refractivity contribution in [2.45, 2.75) is 25.8 Å². The summed E-state index contributed by atoms with van der Waals surface area (Å²) in [7, 11) is 0. The molecule has 1 aromatic heterocycles. The number of hydrogen-bond donors (Lipinski definition) is 0. The zero-order chi connectivity index (χ0) is 13.9. The average molecular weight is 329 g/mol. The van der Waals surface area contributed by atoms with Crippen LogP contribution in [0.2, 0.25) is 5.02 Å². The Balaban J connectivity index is 1.96. The predicted octanol–water partition coefficient (Wildman–Crippen LogP) is 4.61. The SMILES string of the molecule is ClCCc1nc2ccc(Cl)cc2n1CC1CCSCC1. The van der Waals surface area contributed by atoms with Gasteiger partial charge in [0.2, 0.25) is 0 Å². The number of alkyl halides is 1. The zero-order valence-corrected chi connectivity index (χ0v) is 13.6. The van der Waals surface area contributed by atoms with Gasteiger partial charge in [-0.15, -0.1) is 11.6 Å². The van der Waals surface area contributed by atoms with E-state index in [1.54, 1.807) is 0 Å². The molecular formula is C15H18Cl2N2S. The van der Waals surface area contributed by atoms with Crippen LogP contribution in [0, 0.1) is 5.92 Å². The second-order valence-corrected chi connectivity index (χ2v) is 7.31. The standard InChI is InChI=1S/C15H18Cl2N2S/c16-6-3-15-18-13-2-1-12(17)9-14(13)19(15)10-11-4-7-20-8-5-11/h1-2,9,11H,3-8,10H2. The van der Waals surface area contributed by atoms with E-state index in [1.807, 2.05) is 18.2 Å². The fraction of sp³-hybridized carbons (Fsp3) is 0.533. The largest absolute Gasteiger partial charge is 0.328 e. The first-order valence-electron chi connectivity index (χ1n) is 7.06. The Bertz CT molecular complexity index is 591. The monoisotopic (exact) mass is 328 g/mol. The number of aryl methyl sites for hydroxylation is 1. The second kappa shape index (κ2) is 6.59. The molecule has 2 aromatic rings. The highest BCUT2D eigenvalue weighted by Gasteiger charge is 2.18. The molecular weight excluding hydrogens is 311 g/mol. The molecule has 1 aliphatic heterocycles. The number of imidazole rings is 1. The van der Waals surface area contributed by atoms with Gasteiger partial charge in [0.05, 0.1) is 11.0 Å². The maximum Gasteiger partial charge on any atom is 0.111 e. The van der Waals surface area contributed by atoms with E-state index in [0.29, 0.717) is 5.88 Å². The molecule has 108 valence electrons. The number of benzene rings is 1. The molecule has 0 atom stereocenters. The summed E-state index contributed by atoms with van der Waals surface area (Å²) in [6.45, 7) is 1.05. The number of hydrogen-bond acceptors (Lipinski definition) is 2. The van der Waals surface area contributed by atoms with Crippen molar-refractivity contribution in [3.05, 3.63) is 29.0 Å². The number of nitrogens with zero attached hydrogens (tertiary/aromatic N) is 2. The number of rotatable bonds is 4. The summed E-state index contributed by atoms with van der Waals surface area (Å²) >= 11 is 14.1. The Morgan fingerprint density at radius 1 is 1.30 bits per heavy atom. The van der Waals surface area contributed by atoms with Gasteiger partial charge < -0.3 is 4.57 Å². The normalized spacial score (nSPS) is 16.9. The van der Waals surface area contributed by atoms with Crippen LogP contribution in [0.25, 0.3) is 11.0 Å². The molecule has 1 aliphatic rings. The molecule has 0 spiro atoms. The van der Waals surface area contributed by atoms with Crippen LogP contribution in [0.5, 0.6) is 0 Å². The van der Waals surface area contributed by atoms with Crippen LogP contribution in [0.3, 0.4) is 0 Å². The molecule has 1 aromatic carbocycles. The van der Waals surface area contributed by atoms with Crippen LogP contribution < -0.4 is 0 Å². The summed E-state index contributed by atoms with van der Waals surface area (Å²) in [5, 5.41) is 0.773. The summed E-state index contributed by atoms with van der Waals surface area (Å²) in [5.74, 6) is 5.01. The molecule has 3 rings (SSSR count). The molecule has 0 unspecified atom stereocenters. The average Bonchev–Trinajstić information content (AvgIpc) is 2.78. The van der Waals surface area contributed by atoms with Crippen LogP contribution in [0.4, 0.5) is 0 Å². The minimum Gasteiger partial charge on any atom is -0.328 e. The van der Waals surface area contributed by atoms with Gasteiger partial charge in [0, 0.05) is 23.9 Å². The van der Waals surface area contributed by atoms with Gasteiger partial charge in [-0.25, -0.2) is 4.98 Å². The molecule has 1 saturated heterocycles. The highest BCUT2D eigenvalue weighted by atomic mass is 35.5. The van der Waals surface area contributed by atoms with Gasteiger partial charge in [-0.1, -0.05) is 11.6 Å². The van der Waals surface area contributed by atoms with E-state index in [1.165, 1.54) is 24.3 Å². The van der Waals surface area contributed by atoms with Gasteiger partial charge in [0.1, 0.15) is 5.82 Å². The van der Waals surface area contributed by atoms with Gasteiger partial charge in [0.25, 0.3) is 0 Å². The molecule has 0 saturated carbocycles. The first-order chi connectivity index (χ1) is 9.78. The Morgan fingerprint density at radius 3 is 2.85 bits per heavy atom. The summed E-state index contributed by atoms with van der Waals surface area (Å²) in [4.78, 5) is 4.72. The molecule has 0 aliphatic carbocycles. The van der Waals surface area contributed by atoms with Gasteiger partial charge in [-0.2, -0.15) is 11.8 Å². The number of aromatic nitrogens is 2. The number of thioether (sulfide) groups is 1. The Hall–Kier alpha value is -0.380. The molecule has 2 nitrogen and oxygen atoms in total. The first-order valence-corrected chi connectivity index (χ1v) is 9.13. The van der Waals surface area contributed by atoms with E-state index in [9.17, 15) is 0 Å². The Labute approximate surface area is 133 Å². The smallest absolute Gasteiger partial charge is 0.111 e. The molecule has 0 N–H and O–H groups in total. The fourth-order valence-corrected chi connectivity index (χ4v) is 4.35. The lowest BCUT2D eigenvalue weighted by atomic mass is 10.0. The lowest BCUT2D eigenvalue weighted by Gasteiger charge is -2.23. The van der Waals surface area contributed by atoms with Crippen molar-refractivity contribution < 1.29 is 0 Å². The maximum atomic E-state index is 6.15. The van der Waals surface area contributed by atoms with Gasteiger partial charge >= 0.3 is 0 Å². The van der Waals surface area contributed by atoms with E-state index in [4.69, 9.17) is 28.2 Å². The topological polar surface area (TPSA) is 17.8 Å². The predicted molar refractivity (Wildman–Crippen MR) is 89.2 cm³/mol. The van der Waals surface area contributed by atoms with Crippen molar-refractivity contribution in [1.29, 1.82) is 0 Å². The van der Waals surface area contributed by atoms with E-state index >= 15 is 0 Å². The lowest BCUT2D eigenvalue weighted by Crippen LogP contribution is -2.18. The van der Waals surface area contributed by atoms with E-state index in [2.05, 4.69) is 16.3 Å². The zero-order valence-electron chi connectivity index (χ0n) is 11.3. The van der Waals surface area contributed by atoms with Gasteiger partial charge in [-0.3, -0.25) is 0 Å². The summed E-state index contributed by atoms with van der Waals surface area (Å²) in [6, 6.07) is 5.94. The van der Waals surface area contributed by atoms with Crippen molar-refractivity contribution in [1.82, 2.24) is 9.55 Å². The third-order valence-electron chi connectivity index (χ3n) is 3.89. The molecule has 1 fully saturated rings. The van der Waals surface area contributed by atoms with Crippen molar-refractivity contribution in [3.8, 4) is 0 Å². The van der Waals surface area contributed by atoms with Crippen molar-refractivity contribution in [3.63, 3.8) is 0 Å². The molecule has 0 bridgehead atoms. The lowest BCUT2D eigenvalue weighted by molar-refractivity contribution is 0.416. The number of fused-ring (bicyclic) bond motifs is 1. The molecule has 20 heavy (non-hydrogen) atoms. The van der Waals surface area contributed by atoms with Crippen LogP contribution in [0.15, 0.2) is 18.2 Å². The van der Waals surface area contributed by atoms with Crippen molar-refractivity contribution in [2.75, 3.05) is 17.4 Å². The van der Waals surface area contributed by atoms with Crippen LogP contribution in [-0.2, 0) is 13.0 Å². The second-order valence-electron chi connectivity index (χ2n) is 5.27. The minimum atomic E-state index is 0.609. The Kier molecular flexibility index (Phi) is 4.79. The number of halogens is 2. The van der Waals surface area contributed by atoms with Crippen molar-refractivity contribution >= 4 is 46.0 Å². The van der Waals surface area contributed by atoms with E-state index in [0.717, 1.165) is 40.8 Å². The quantitative estimate of drug-likeness (QED) is 0.762. The molecule has 0 amide bonds. The summed E-state index contributed by atoms with van der Waals surface area (Å²) in [6.07, 6.45) is 3.41. The van der Waals surface area contributed by atoms with Gasteiger partial charge in [-0.05, 0) is 48.5 Å². The maximum absolute atomic E-state index is 6.15. The van der Waals surface area contributed by atoms with E-state index in [-0.39, 0.29) is 0 Å². The third kappa shape index (κ3) is 3.10. The molecule has 0 radical (unpaired) electrons. The summed E-state index contributed by atoms with van der Waals surface area (Å²) in [5.41, 5.74) is 2.18. The van der Waals surface area contributed by atoms with Gasteiger partial charge in [0.15, 0.2) is 0 Å². The Morgan fingerprint density at radius 2 is 2.10 bits per heavy atom. The summed E-state index contributed by atoms with van der Waals surface area (Å²) < 4.78 is 2.34. The highest BCUT2D eigenvalue weighted by Crippen LogP contribution is 2.28. The van der Waals surface area contributed by atoms with E-state index < -0.39 is 0 Å². The van der Waals surface area contributed by atoms with Crippen LogP contribution >= 0.6 is 35.0 Å². The third-order valence-corrected chi connectivity index (χ3v) is 5.36.